The van der Waals surface area contributed by atoms with E-state index in [1.807, 2.05) is 18.2 Å². The summed E-state index contributed by atoms with van der Waals surface area (Å²) in [5.74, 6) is 0. The van der Waals surface area contributed by atoms with Crippen LogP contribution in [-0.2, 0) is 6.54 Å². The van der Waals surface area contributed by atoms with E-state index in [0.717, 1.165) is 12.1 Å². The maximum Gasteiger partial charge on any atom is 0.0985 e. The Morgan fingerprint density at radius 3 is 2.68 bits per heavy atom. The van der Waals surface area contributed by atoms with Gasteiger partial charge in [0.15, 0.2) is 0 Å². The summed E-state index contributed by atoms with van der Waals surface area (Å²) in [6.07, 6.45) is -0.497. The molecule has 0 saturated carbocycles. The number of nitrogens with one attached hydrogen (secondary N) is 1. The predicted octanol–water partition coefficient (Wildman–Crippen LogP) is 3.18. The molecule has 2 aromatic rings. The van der Waals surface area contributed by atoms with E-state index >= 15 is 0 Å². The normalized spacial score (nSPS) is 19.2. The zero-order valence-electron chi connectivity index (χ0n) is 11.4. The molecule has 98 valence electrons. The molecule has 0 saturated heterocycles. The van der Waals surface area contributed by atoms with Crippen LogP contribution in [0.15, 0.2) is 42.5 Å². The number of aliphatic hydroxyl groups is 1. The highest BCUT2D eigenvalue weighted by atomic mass is 16.3. The SMILES string of the molecule is Cc1ccc(C(O)C2NCc3ccccc32)cc1C. The Balaban J connectivity index is 1.93. The Hall–Kier alpha value is -1.64. The van der Waals surface area contributed by atoms with Gasteiger partial charge in [-0.2, -0.15) is 0 Å². The Morgan fingerprint density at radius 2 is 1.89 bits per heavy atom. The smallest absolute Gasteiger partial charge is 0.0985 e. The molecule has 0 bridgehead atoms. The van der Waals surface area contributed by atoms with Crippen LogP contribution in [0.25, 0.3) is 0 Å². The van der Waals surface area contributed by atoms with Crippen molar-refractivity contribution in [3.05, 3.63) is 70.3 Å². The van der Waals surface area contributed by atoms with Gasteiger partial charge in [0.2, 0.25) is 0 Å². The van der Waals surface area contributed by atoms with Gasteiger partial charge in [-0.25, -0.2) is 0 Å². The second kappa shape index (κ2) is 4.80. The predicted molar refractivity (Wildman–Crippen MR) is 76.9 cm³/mol. The zero-order valence-corrected chi connectivity index (χ0v) is 11.4. The molecule has 2 N–H and O–H groups in total. The second-order valence-electron chi connectivity index (χ2n) is 5.35. The average molecular weight is 253 g/mol. The minimum Gasteiger partial charge on any atom is -0.386 e. The maximum absolute atomic E-state index is 10.6. The lowest BCUT2D eigenvalue weighted by Crippen LogP contribution is -2.20. The van der Waals surface area contributed by atoms with Gasteiger partial charge >= 0.3 is 0 Å². The molecule has 0 fully saturated rings. The van der Waals surface area contributed by atoms with Crippen LogP contribution in [0.4, 0.5) is 0 Å². The van der Waals surface area contributed by atoms with E-state index < -0.39 is 6.10 Å². The number of fused-ring (bicyclic) bond motifs is 1. The quantitative estimate of drug-likeness (QED) is 0.861. The van der Waals surface area contributed by atoms with Crippen molar-refractivity contribution in [3.63, 3.8) is 0 Å². The summed E-state index contributed by atoms with van der Waals surface area (Å²) in [7, 11) is 0. The molecule has 0 aromatic heterocycles. The van der Waals surface area contributed by atoms with Crippen LogP contribution < -0.4 is 5.32 Å². The number of benzene rings is 2. The van der Waals surface area contributed by atoms with E-state index in [9.17, 15) is 5.11 Å². The van der Waals surface area contributed by atoms with Gasteiger partial charge in [-0.05, 0) is 41.7 Å². The Labute approximate surface area is 114 Å². The van der Waals surface area contributed by atoms with Crippen molar-refractivity contribution < 1.29 is 5.11 Å². The van der Waals surface area contributed by atoms with Crippen molar-refractivity contribution in [2.75, 3.05) is 0 Å². The molecule has 1 aliphatic heterocycles. The fourth-order valence-corrected chi connectivity index (χ4v) is 2.75. The minimum absolute atomic E-state index is 0.00157. The summed E-state index contributed by atoms with van der Waals surface area (Å²) in [4.78, 5) is 0. The molecular weight excluding hydrogens is 234 g/mol. The molecule has 0 radical (unpaired) electrons. The van der Waals surface area contributed by atoms with Crippen LogP contribution in [0.1, 0.15) is 40.0 Å². The first-order valence-corrected chi connectivity index (χ1v) is 6.73. The van der Waals surface area contributed by atoms with Gasteiger partial charge in [0.25, 0.3) is 0 Å². The van der Waals surface area contributed by atoms with E-state index in [1.165, 1.54) is 22.3 Å². The highest BCUT2D eigenvalue weighted by Crippen LogP contribution is 2.35. The van der Waals surface area contributed by atoms with Crippen molar-refractivity contribution >= 4 is 0 Å². The first-order chi connectivity index (χ1) is 9.16. The van der Waals surface area contributed by atoms with Gasteiger partial charge in [0.05, 0.1) is 12.1 Å². The molecule has 1 aliphatic rings. The molecule has 0 spiro atoms. The molecule has 2 unspecified atom stereocenters. The third kappa shape index (κ3) is 2.18. The van der Waals surface area contributed by atoms with Crippen LogP contribution in [0.2, 0.25) is 0 Å². The van der Waals surface area contributed by atoms with E-state index in [-0.39, 0.29) is 6.04 Å². The largest absolute Gasteiger partial charge is 0.386 e. The van der Waals surface area contributed by atoms with Gasteiger partial charge in [0.1, 0.15) is 0 Å². The second-order valence-corrected chi connectivity index (χ2v) is 5.35. The molecule has 1 heterocycles. The Morgan fingerprint density at radius 1 is 1.11 bits per heavy atom. The highest BCUT2D eigenvalue weighted by molar-refractivity contribution is 5.38. The van der Waals surface area contributed by atoms with Crippen LogP contribution in [0.5, 0.6) is 0 Å². The monoisotopic (exact) mass is 253 g/mol. The summed E-state index contributed by atoms with van der Waals surface area (Å²) >= 11 is 0. The number of hydrogen-bond acceptors (Lipinski definition) is 2. The van der Waals surface area contributed by atoms with Crippen LogP contribution in [0, 0.1) is 13.8 Å². The fraction of sp³-hybridized carbons (Fsp3) is 0.294. The van der Waals surface area contributed by atoms with Crippen molar-refractivity contribution in [3.8, 4) is 0 Å². The number of aliphatic hydroxyl groups excluding tert-OH is 1. The first kappa shape index (κ1) is 12.4. The number of rotatable bonds is 2. The molecule has 0 amide bonds. The molecule has 0 aliphatic carbocycles. The number of aryl methyl sites for hydroxylation is 2. The molecule has 2 heteroatoms. The van der Waals surface area contributed by atoms with E-state index in [2.05, 4.69) is 43.4 Å². The fourth-order valence-electron chi connectivity index (χ4n) is 2.75. The topological polar surface area (TPSA) is 32.3 Å². The minimum atomic E-state index is -0.497. The molecule has 2 atom stereocenters. The molecule has 2 aromatic carbocycles. The van der Waals surface area contributed by atoms with E-state index in [4.69, 9.17) is 0 Å². The molecule has 3 rings (SSSR count). The van der Waals surface area contributed by atoms with Gasteiger partial charge in [-0.1, -0.05) is 42.5 Å². The van der Waals surface area contributed by atoms with Crippen LogP contribution >= 0.6 is 0 Å². The Kier molecular flexibility index (Phi) is 3.13. The van der Waals surface area contributed by atoms with Crippen LogP contribution in [-0.4, -0.2) is 5.11 Å². The molecular formula is C17H19NO. The molecule has 19 heavy (non-hydrogen) atoms. The third-order valence-electron chi connectivity index (χ3n) is 4.09. The van der Waals surface area contributed by atoms with Gasteiger partial charge in [-0.15, -0.1) is 0 Å². The first-order valence-electron chi connectivity index (χ1n) is 6.73. The zero-order chi connectivity index (χ0) is 13.4. The lowest BCUT2D eigenvalue weighted by atomic mass is 9.94. The molecule has 2 nitrogen and oxygen atoms in total. The van der Waals surface area contributed by atoms with Crippen molar-refractivity contribution in [2.24, 2.45) is 0 Å². The third-order valence-corrected chi connectivity index (χ3v) is 4.09. The van der Waals surface area contributed by atoms with Gasteiger partial charge in [-0.3, -0.25) is 0 Å². The van der Waals surface area contributed by atoms with Gasteiger partial charge in [0, 0.05) is 6.54 Å². The van der Waals surface area contributed by atoms with E-state index in [1.54, 1.807) is 0 Å². The standard InChI is InChI=1S/C17H19NO/c1-11-7-8-13(9-12(11)2)17(19)16-15-6-4-3-5-14(15)10-18-16/h3-9,16-19H,10H2,1-2H3. The summed E-state index contributed by atoms with van der Waals surface area (Å²) < 4.78 is 0. The maximum atomic E-state index is 10.6. The summed E-state index contributed by atoms with van der Waals surface area (Å²) in [5.41, 5.74) is 5.97. The number of hydrogen-bond donors (Lipinski definition) is 2. The van der Waals surface area contributed by atoms with Crippen molar-refractivity contribution in [2.45, 2.75) is 32.5 Å². The Bertz CT molecular complexity index is 606. The van der Waals surface area contributed by atoms with Crippen molar-refractivity contribution in [1.82, 2.24) is 5.32 Å². The van der Waals surface area contributed by atoms with Gasteiger partial charge < -0.3 is 10.4 Å². The van der Waals surface area contributed by atoms with E-state index in [0.29, 0.717) is 0 Å². The summed E-state index contributed by atoms with van der Waals surface area (Å²) in [6, 6.07) is 14.5. The highest BCUT2D eigenvalue weighted by Gasteiger charge is 2.28. The summed E-state index contributed by atoms with van der Waals surface area (Å²) in [6.45, 7) is 5.01. The summed E-state index contributed by atoms with van der Waals surface area (Å²) in [5, 5.41) is 14.0. The van der Waals surface area contributed by atoms with Crippen molar-refractivity contribution in [1.29, 1.82) is 0 Å². The van der Waals surface area contributed by atoms with Crippen LogP contribution in [0.3, 0.4) is 0 Å². The lowest BCUT2D eigenvalue weighted by molar-refractivity contribution is 0.133. The average Bonchev–Trinajstić information content (AvgIpc) is 2.85. The lowest BCUT2D eigenvalue weighted by Gasteiger charge is -2.21.